The molecule has 0 unspecified atom stereocenters. The van der Waals surface area contributed by atoms with Gasteiger partial charge >= 0.3 is 0 Å². The molecular formula is C12H9NOS2. The zero-order valence-electron chi connectivity index (χ0n) is 8.38. The highest BCUT2D eigenvalue weighted by molar-refractivity contribution is 7.18. The third kappa shape index (κ3) is 1.81. The molecule has 0 fully saturated rings. The summed E-state index contributed by atoms with van der Waals surface area (Å²) in [5, 5.41) is 12.6. The molecule has 3 rings (SSSR count). The predicted molar refractivity (Wildman–Crippen MR) is 68.4 cm³/mol. The van der Waals surface area contributed by atoms with E-state index >= 15 is 0 Å². The molecule has 0 aliphatic heterocycles. The van der Waals surface area contributed by atoms with E-state index in [1.807, 2.05) is 6.07 Å². The van der Waals surface area contributed by atoms with Crippen LogP contribution in [-0.2, 0) is 6.42 Å². The van der Waals surface area contributed by atoms with E-state index in [4.69, 9.17) is 0 Å². The lowest BCUT2D eigenvalue weighted by atomic mass is 10.3. The Labute approximate surface area is 101 Å². The van der Waals surface area contributed by atoms with Gasteiger partial charge in [0.1, 0.15) is 5.75 Å². The molecule has 2 heterocycles. The maximum atomic E-state index is 9.38. The first-order valence-electron chi connectivity index (χ1n) is 4.92. The summed E-state index contributed by atoms with van der Waals surface area (Å²) in [6, 6.07) is 9.48. The molecule has 0 spiro atoms. The number of hydrogen-bond acceptors (Lipinski definition) is 4. The summed E-state index contributed by atoms with van der Waals surface area (Å²) in [7, 11) is 0. The Morgan fingerprint density at radius 3 is 3.00 bits per heavy atom. The number of fused-ring (bicyclic) bond motifs is 1. The summed E-state index contributed by atoms with van der Waals surface area (Å²) in [6.45, 7) is 0. The normalized spacial score (nSPS) is 11.0. The van der Waals surface area contributed by atoms with Crippen LogP contribution >= 0.6 is 22.7 Å². The van der Waals surface area contributed by atoms with Gasteiger partial charge in [-0.25, -0.2) is 4.98 Å². The van der Waals surface area contributed by atoms with Crippen LogP contribution in [0.15, 0.2) is 35.7 Å². The Balaban J connectivity index is 1.99. The summed E-state index contributed by atoms with van der Waals surface area (Å²) < 4.78 is 1.05. The zero-order valence-corrected chi connectivity index (χ0v) is 10.0. The number of nitrogens with zero attached hydrogens (tertiary/aromatic N) is 1. The maximum absolute atomic E-state index is 9.38. The summed E-state index contributed by atoms with van der Waals surface area (Å²) in [6.07, 6.45) is 0.887. The molecular weight excluding hydrogens is 238 g/mol. The second-order valence-corrected chi connectivity index (χ2v) is 5.66. The van der Waals surface area contributed by atoms with Crippen molar-refractivity contribution < 1.29 is 5.11 Å². The summed E-state index contributed by atoms with van der Waals surface area (Å²) in [4.78, 5) is 5.87. The zero-order chi connectivity index (χ0) is 11.0. The smallest absolute Gasteiger partial charge is 0.117 e. The van der Waals surface area contributed by atoms with Gasteiger partial charge in [0.2, 0.25) is 0 Å². The van der Waals surface area contributed by atoms with Crippen LogP contribution in [0.4, 0.5) is 0 Å². The second-order valence-electron chi connectivity index (χ2n) is 3.52. The highest BCUT2D eigenvalue weighted by Gasteiger charge is 2.05. The van der Waals surface area contributed by atoms with Crippen LogP contribution < -0.4 is 0 Å². The van der Waals surface area contributed by atoms with Gasteiger partial charge in [0, 0.05) is 11.3 Å². The van der Waals surface area contributed by atoms with E-state index in [9.17, 15) is 5.11 Å². The minimum atomic E-state index is 0.304. The third-order valence-corrected chi connectivity index (χ3v) is 4.22. The minimum absolute atomic E-state index is 0.304. The average molecular weight is 247 g/mol. The summed E-state index contributed by atoms with van der Waals surface area (Å²) in [5.74, 6) is 0.304. The van der Waals surface area contributed by atoms with Crippen molar-refractivity contribution in [2.45, 2.75) is 6.42 Å². The lowest BCUT2D eigenvalue weighted by molar-refractivity contribution is 0.476. The van der Waals surface area contributed by atoms with Crippen molar-refractivity contribution in [3.8, 4) is 5.75 Å². The molecule has 0 atom stereocenters. The molecule has 0 saturated carbocycles. The highest BCUT2D eigenvalue weighted by atomic mass is 32.1. The summed E-state index contributed by atoms with van der Waals surface area (Å²) in [5.41, 5.74) is 0.967. The number of aromatic hydroxyl groups is 1. The lowest BCUT2D eigenvalue weighted by Crippen LogP contribution is -1.81. The van der Waals surface area contributed by atoms with Crippen molar-refractivity contribution in [3.63, 3.8) is 0 Å². The molecule has 2 nitrogen and oxygen atoms in total. The van der Waals surface area contributed by atoms with E-state index in [0.717, 1.165) is 21.6 Å². The third-order valence-electron chi connectivity index (χ3n) is 2.32. The molecule has 1 N–H and O–H groups in total. The fourth-order valence-corrected chi connectivity index (χ4v) is 3.42. The number of thiazole rings is 1. The number of aromatic nitrogens is 1. The van der Waals surface area contributed by atoms with E-state index < -0.39 is 0 Å². The molecule has 3 aromatic rings. The Kier molecular flexibility index (Phi) is 2.38. The monoisotopic (exact) mass is 247 g/mol. The van der Waals surface area contributed by atoms with Gasteiger partial charge in [-0.1, -0.05) is 6.07 Å². The van der Waals surface area contributed by atoms with Crippen LogP contribution in [0, 0.1) is 0 Å². The molecule has 0 bridgehead atoms. The number of phenols is 1. The molecule has 0 saturated heterocycles. The molecule has 16 heavy (non-hydrogen) atoms. The summed E-state index contributed by atoms with van der Waals surface area (Å²) >= 11 is 3.39. The topological polar surface area (TPSA) is 33.1 Å². The van der Waals surface area contributed by atoms with Gasteiger partial charge in [0.25, 0.3) is 0 Å². The van der Waals surface area contributed by atoms with Gasteiger partial charge in [-0.05, 0) is 29.6 Å². The lowest BCUT2D eigenvalue weighted by Gasteiger charge is -1.89. The SMILES string of the molecule is Oc1ccc2nc(Cc3cccs3)sc2c1. The Morgan fingerprint density at radius 1 is 1.25 bits per heavy atom. The van der Waals surface area contributed by atoms with E-state index in [1.165, 1.54) is 4.88 Å². The Morgan fingerprint density at radius 2 is 2.19 bits per heavy atom. The Bertz CT molecular complexity index is 613. The predicted octanol–water partition coefficient (Wildman–Crippen LogP) is 3.65. The van der Waals surface area contributed by atoms with Crippen LogP contribution in [-0.4, -0.2) is 10.1 Å². The Hall–Kier alpha value is -1.39. The fraction of sp³-hybridized carbons (Fsp3) is 0.0833. The van der Waals surface area contributed by atoms with Gasteiger partial charge in [-0.15, -0.1) is 22.7 Å². The van der Waals surface area contributed by atoms with Gasteiger partial charge in [-0.2, -0.15) is 0 Å². The van der Waals surface area contributed by atoms with Crippen LogP contribution in [0.25, 0.3) is 10.2 Å². The van der Waals surface area contributed by atoms with E-state index in [1.54, 1.807) is 34.8 Å². The molecule has 1 aromatic carbocycles. The van der Waals surface area contributed by atoms with Crippen molar-refractivity contribution in [3.05, 3.63) is 45.6 Å². The van der Waals surface area contributed by atoms with Crippen LogP contribution in [0.3, 0.4) is 0 Å². The first kappa shape index (κ1) is 9.81. The fourth-order valence-electron chi connectivity index (χ4n) is 1.60. The molecule has 80 valence electrons. The quantitative estimate of drug-likeness (QED) is 0.749. The highest BCUT2D eigenvalue weighted by Crippen LogP contribution is 2.27. The number of thiophene rings is 1. The molecule has 0 aliphatic rings. The number of phenolic OH excluding ortho intramolecular Hbond substituents is 1. The van der Waals surface area contributed by atoms with Crippen LogP contribution in [0.2, 0.25) is 0 Å². The van der Waals surface area contributed by atoms with E-state index in [2.05, 4.69) is 22.5 Å². The van der Waals surface area contributed by atoms with E-state index in [-0.39, 0.29) is 0 Å². The maximum Gasteiger partial charge on any atom is 0.117 e. The first-order chi connectivity index (χ1) is 7.81. The molecule has 0 aliphatic carbocycles. The number of hydrogen-bond donors (Lipinski definition) is 1. The molecule has 2 aromatic heterocycles. The van der Waals surface area contributed by atoms with Crippen molar-refractivity contribution in [1.29, 1.82) is 0 Å². The van der Waals surface area contributed by atoms with Crippen molar-refractivity contribution in [2.75, 3.05) is 0 Å². The number of benzene rings is 1. The van der Waals surface area contributed by atoms with E-state index in [0.29, 0.717) is 5.75 Å². The van der Waals surface area contributed by atoms with Crippen molar-refractivity contribution in [2.24, 2.45) is 0 Å². The van der Waals surface area contributed by atoms with Crippen LogP contribution in [0.5, 0.6) is 5.75 Å². The minimum Gasteiger partial charge on any atom is -0.508 e. The average Bonchev–Trinajstić information content (AvgIpc) is 2.86. The van der Waals surface area contributed by atoms with Crippen LogP contribution in [0.1, 0.15) is 9.88 Å². The molecule has 0 radical (unpaired) electrons. The standard InChI is InChI=1S/C12H9NOS2/c14-8-3-4-10-11(6-8)16-12(13-10)7-9-2-1-5-15-9/h1-6,14H,7H2. The van der Waals surface area contributed by atoms with Gasteiger partial charge in [-0.3, -0.25) is 0 Å². The molecule has 4 heteroatoms. The van der Waals surface area contributed by atoms with Crippen molar-refractivity contribution in [1.82, 2.24) is 4.98 Å². The first-order valence-corrected chi connectivity index (χ1v) is 6.62. The van der Waals surface area contributed by atoms with Crippen molar-refractivity contribution >= 4 is 32.9 Å². The number of rotatable bonds is 2. The largest absolute Gasteiger partial charge is 0.508 e. The molecule has 0 amide bonds. The van der Waals surface area contributed by atoms with Gasteiger partial charge in [0.05, 0.1) is 15.2 Å². The second kappa shape index (κ2) is 3.88. The van der Waals surface area contributed by atoms with Gasteiger partial charge < -0.3 is 5.11 Å². The van der Waals surface area contributed by atoms with Gasteiger partial charge in [0.15, 0.2) is 0 Å².